The lowest BCUT2D eigenvalue weighted by atomic mass is 9.96. The lowest BCUT2D eigenvalue weighted by Gasteiger charge is -2.46. The van der Waals surface area contributed by atoms with Gasteiger partial charge in [0, 0.05) is 25.8 Å². The molecule has 0 aromatic rings. The summed E-state index contributed by atoms with van der Waals surface area (Å²) in [5.74, 6) is -3.02. The summed E-state index contributed by atoms with van der Waals surface area (Å²) in [5, 5.41) is 105. The van der Waals surface area contributed by atoms with Gasteiger partial charge in [-0.25, -0.2) is 4.79 Å². The van der Waals surface area contributed by atoms with Crippen molar-refractivity contribution < 1.29 is 104 Å². The van der Waals surface area contributed by atoms with Crippen molar-refractivity contribution in [1.29, 1.82) is 0 Å². The molecule has 4 heterocycles. The molecule has 0 aromatic carbocycles. The Balaban J connectivity index is 1.36. The molecule has 292 valence electrons. The minimum atomic E-state index is -1.93. The molecule has 4 fully saturated rings. The highest BCUT2D eigenvalue weighted by Crippen LogP contribution is 2.31. The lowest BCUT2D eigenvalue weighted by Crippen LogP contribution is -2.65. The van der Waals surface area contributed by atoms with Crippen LogP contribution in [0.25, 0.3) is 0 Å². The van der Waals surface area contributed by atoms with Gasteiger partial charge in [0.05, 0.1) is 32.8 Å². The van der Waals surface area contributed by atoms with Crippen LogP contribution in [0.4, 0.5) is 0 Å². The number of amides is 3. The topological polar surface area (TPSA) is 350 Å². The minimum Gasteiger partial charge on any atom is -0.394 e. The van der Waals surface area contributed by atoms with Crippen LogP contribution in [-0.4, -0.2) is 205 Å². The highest BCUT2D eigenvalue weighted by Gasteiger charge is 2.52. The SMILES string of the molecule is O=C(CCC(=O)ON1C(=O)CCC1=O)NCCO[C@H]1OC(CO[C@H]2OC(CO)[C@@H](O)C(O)C2O)[C@@H](O)C(O[C@H]2OC(CO)[C@@H](O)C(O)C2O)C1O. The first kappa shape index (κ1) is 41.2. The molecule has 15 atom stereocenters. The van der Waals surface area contributed by atoms with Gasteiger partial charge in [-0.15, -0.1) is 5.06 Å². The second kappa shape index (κ2) is 18.5. The van der Waals surface area contributed by atoms with Crippen LogP contribution < -0.4 is 5.32 Å². The van der Waals surface area contributed by atoms with E-state index in [0.29, 0.717) is 5.06 Å². The molecule has 23 nitrogen and oxygen atoms in total. The molecular formula is C28H44N2O21. The van der Waals surface area contributed by atoms with Crippen molar-refractivity contribution in [3.05, 3.63) is 0 Å². The zero-order valence-corrected chi connectivity index (χ0v) is 26.9. The summed E-state index contributed by atoms with van der Waals surface area (Å²) in [6.07, 6.45) is -26.8. The summed E-state index contributed by atoms with van der Waals surface area (Å²) in [4.78, 5) is 52.0. The zero-order chi connectivity index (χ0) is 37.6. The van der Waals surface area contributed by atoms with Crippen LogP contribution in [0.2, 0.25) is 0 Å². The van der Waals surface area contributed by atoms with Crippen LogP contribution >= 0.6 is 0 Å². The number of nitrogens with zero attached hydrogens (tertiary/aromatic N) is 1. The van der Waals surface area contributed by atoms with Gasteiger partial charge in [-0.1, -0.05) is 0 Å². The molecule has 4 rings (SSSR count). The van der Waals surface area contributed by atoms with E-state index in [1.54, 1.807) is 0 Å². The Labute approximate surface area is 288 Å². The van der Waals surface area contributed by atoms with Crippen molar-refractivity contribution in [2.45, 2.75) is 118 Å². The molecular weight excluding hydrogens is 700 g/mol. The Hall–Kier alpha value is -2.56. The second-order valence-corrected chi connectivity index (χ2v) is 12.1. The molecule has 9 unspecified atom stereocenters. The molecule has 0 bridgehead atoms. The summed E-state index contributed by atoms with van der Waals surface area (Å²) in [5.41, 5.74) is 0. The first-order valence-electron chi connectivity index (χ1n) is 16.0. The van der Waals surface area contributed by atoms with Gasteiger partial charge in [-0.3, -0.25) is 14.4 Å². The Kier molecular flexibility index (Phi) is 14.9. The number of carbonyl (C=O) groups excluding carboxylic acids is 4. The first-order chi connectivity index (χ1) is 24.2. The van der Waals surface area contributed by atoms with Crippen molar-refractivity contribution in [2.24, 2.45) is 0 Å². The average Bonchev–Trinajstić information content (AvgIpc) is 3.42. The van der Waals surface area contributed by atoms with Gasteiger partial charge in [0.2, 0.25) is 5.91 Å². The van der Waals surface area contributed by atoms with Crippen molar-refractivity contribution in [2.75, 3.05) is 33.0 Å². The third kappa shape index (κ3) is 9.91. The molecule has 0 spiro atoms. The molecule has 0 radical (unpaired) electrons. The second-order valence-electron chi connectivity index (χ2n) is 12.1. The van der Waals surface area contributed by atoms with Gasteiger partial charge in [0.25, 0.3) is 11.8 Å². The number of hydrogen-bond donors (Lipinski definition) is 11. The van der Waals surface area contributed by atoms with Gasteiger partial charge in [-0.05, 0) is 0 Å². The summed E-state index contributed by atoms with van der Waals surface area (Å²) in [6.45, 7) is -2.83. The van der Waals surface area contributed by atoms with Gasteiger partial charge in [0.15, 0.2) is 18.9 Å². The molecule has 4 aliphatic rings. The summed E-state index contributed by atoms with van der Waals surface area (Å²) in [7, 11) is 0. The normalized spacial score (nSPS) is 40.4. The summed E-state index contributed by atoms with van der Waals surface area (Å²) in [6, 6.07) is 0. The fourth-order valence-corrected chi connectivity index (χ4v) is 5.54. The summed E-state index contributed by atoms with van der Waals surface area (Å²) < 4.78 is 32.8. The van der Waals surface area contributed by atoms with Crippen LogP contribution in [0.1, 0.15) is 25.7 Å². The standard InChI is InChI=1S/C28H44N2O21/c31-7-10-17(37)20(40)22(42)26(47-10)46-9-12-19(39)25(50-28-23(43)21(41)18(38)11(8-32)48-28)24(44)27(49-12)45-6-5-29-13(33)1-4-16(36)51-30-14(34)2-3-15(30)35/h10-12,17-28,31-32,37-44H,1-9H2,(H,29,33)/t10?,11?,12?,17-,18-,19-,20?,21?,22?,23?,24?,25?,26+,27+,28-/m1/s1. The smallest absolute Gasteiger partial charge is 0.333 e. The number of aliphatic hydroxyl groups is 10. The van der Waals surface area contributed by atoms with Crippen LogP contribution in [0.3, 0.4) is 0 Å². The monoisotopic (exact) mass is 744 g/mol. The summed E-state index contributed by atoms with van der Waals surface area (Å²) >= 11 is 0. The zero-order valence-electron chi connectivity index (χ0n) is 26.9. The highest BCUT2D eigenvalue weighted by atomic mass is 16.8. The third-order valence-corrected chi connectivity index (χ3v) is 8.52. The van der Waals surface area contributed by atoms with E-state index in [1.165, 1.54) is 0 Å². The van der Waals surface area contributed by atoms with E-state index in [-0.39, 0.29) is 26.0 Å². The van der Waals surface area contributed by atoms with Crippen LogP contribution in [0.5, 0.6) is 0 Å². The molecule has 4 aliphatic heterocycles. The Morgan fingerprint density at radius 3 is 1.78 bits per heavy atom. The minimum absolute atomic E-state index is 0.0996. The largest absolute Gasteiger partial charge is 0.394 e. The predicted molar refractivity (Wildman–Crippen MR) is 154 cm³/mol. The molecule has 4 saturated heterocycles. The number of nitrogens with one attached hydrogen (secondary N) is 1. The molecule has 3 amide bonds. The average molecular weight is 745 g/mol. The van der Waals surface area contributed by atoms with Gasteiger partial charge >= 0.3 is 5.97 Å². The highest BCUT2D eigenvalue weighted by molar-refractivity contribution is 6.01. The van der Waals surface area contributed by atoms with Crippen LogP contribution in [-0.2, 0) is 52.4 Å². The van der Waals surface area contributed by atoms with Gasteiger partial charge in [-0.2, -0.15) is 0 Å². The third-order valence-electron chi connectivity index (χ3n) is 8.52. The maximum atomic E-state index is 12.2. The maximum Gasteiger partial charge on any atom is 0.333 e. The fourth-order valence-electron chi connectivity index (χ4n) is 5.54. The van der Waals surface area contributed by atoms with E-state index in [9.17, 15) is 70.2 Å². The number of hydroxylamine groups is 2. The molecule has 11 N–H and O–H groups in total. The fraction of sp³-hybridized carbons (Fsp3) is 0.857. The van der Waals surface area contributed by atoms with Crippen molar-refractivity contribution in [1.82, 2.24) is 10.4 Å². The van der Waals surface area contributed by atoms with E-state index in [2.05, 4.69) is 10.2 Å². The quantitative estimate of drug-likeness (QED) is 0.0548. The number of aliphatic hydroxyl groups excluding tert-OH is 10. The van der Waals surface area contributed by atoms with Gasteiger partial charge < -0.3 is 89.6 Å². The number of rotatable bonds is 15. The van der Waals surface area contributed by atoms with Crippen molar-refractivity contribution in [3.8, 4) is 0 Å². The van der Waals surface area contributed by atoms with E-state index in [4.69, 9.17) is 28.4 Å². The van der Waals surface area contributed by atoms with Gasteiger partial charge in [0.1, 0.15) is 73.2 Å². The first-order valence-corrected chi connectivity index (χ1v) is 16.0. The molecule has 51 heavy (non-hydrogen) atoms. The number of carbonyl (C=O) groups is 4. The molecule has 0 aromatic heterocycles. The van der Waals surface area contributed by atoms with Crippen molar-refractivity contribution >= 4 is 23.7 Å². The predicted octanol–water partition coefficient (Wildman–Crippen LogP) is -8.05. The van der Waals surface area contributed by atoms with E-state index in [0.717, 1.165) is 0 Å². The lowest BCUT2D eigenvalue weighted by molar-refractivity contribution is -0.366. The number of imide groups is 1. The number of ether oxygens (including phenoxy) is 6. The number of hydrogen-bond acceptors (Lipinski definition) is 21. The van der Waals surface area contributed by atoms with E-state index >= 15 is 0 Å². The molecule has 23 heteroatoms. The Morgan fingerprint density at radius 2 is 1.20 bits per heavy atom. The van der Waals surface area contributed by atoms with Crippen LogP contribution in [0, 0.1) is 0 Å². The Bertz CT molecular complexity index is 1180. The van der Waals surface area contributed by atoms with E-state index in [1.807, 2.05) is 0 Å². The van der Waals surface area contributed by atoms with E-state index < -0.39 is 148 Å². The van der Waals surface area contributed by atoms with Crippen molar-refractivity contribution in [3.63, 3.8) is 0 Å². The maximum absolute atomic E-state index is 12.2. The molecule has 0 aliphatic carbocycles. The van der Waals surface area contributed by atoms with Crippen LogP contribution in [0.15, 0.2) is 0 Å². The molecule has 0 saturated carbocycles. The Morgan fingerprint density at radius 1 is 0.667 bits per heavy atom.